The number of hydrogen-bond acceptors (Lipinski definition) is 6. The lowest BCUT2D eigenvalue weighted by molar-refractivity contribution is -0.137. The van der Waals surface area contributed by atoms with Gasteiger partial charge in [0.05, 0.1) is 17.9 Å². The summed E-state index contributed by atoms with van der Waals surface area (Å²) in [6, 6.07) is 1.03. The number of nitrogens with zero attached hydrogens (tertiary/aromatic N) is 2. The Bertz CT molecular complexity index is 831. The third-order valence-corrected chi connectivity index (χ3v) is 6.55. The average Bonchev–Trinajstić information content (AvgIpc) is 3.17. The Kier molecular flexibility index (Phi) is 5.86. The van der Waals surface area contributed by atoms with E-state index in [1.807, 2.05) is 4.57 Å². The molecule has 2 aromatic rings. The molecule has 10 heteroatoms. The van der Waals surface area contributed by atoms with Crippen molar-refractivity contribution in [3.63, 3.8) is 0 Å². The number of carboxylic acids is 1. The fraction of sp³-hybridized carbons (Fsp3) is 0.375. The van der Waals surface area contributed by atoms with Crippen molar-refractivity contribution in [3.05, 3.63) is 46.8 Å². The molecule has 0 aliphatic heterocycles. The largest absolute Gasteiger partial charge is 0.480 e. The molecule has 140 valence electrons. The van der Waals surface area contributed by atoms with Crippen molar-refractivity contribution in [2.45, 2.75) is 36.6 Å². The van der Waals surface area contributed by atoms with E-state index in [0.717, 1.165) is 11.8 Å². The fourth-order valence-electron chi connectivity index (χ4n) is 3.04. The van der Waals surface area contributed by atoms with Crippen molar-refractivity contribution < 1.29 is 18.7 Å². The lowest BCUT2D eigenvalue weighted by Gasteiger charge is -2.19. The van der Waals surface area contributed by atoms with E-state index in [9.17, 15) is 13.6 Å². The normalized spacial score (nSPS) is 17.3. The van der Waals surface area contributed by atoms with Gasteiger partial charge in [-0.05, 0) is 40.8 Å². The maximum Gasteiger partial charge on any atom is 0.321 e. The van der Waals surface area contributed by atoms with Crippen LogP contribution in [0.5, 0.6) is 0 Å². The van der Waals surface area contributed by atoms with Crippen molar-refractivity contribution in [2.75, 3.05) is 5.75 Å². The van der Waals surface area contributed by atoms with Gasteiger partial charge >= 0.3 is 5.97 Å². The van der Waals surface area contributed by atoms with Crippen LogP contribution in [0, 0.1) is 11.6 Å². The van der Waals surface area contributed by atoms with E-state index >= 15 is 0 Å². The first kappa shape index (κ1) is 19.2. The number of benzene rings is 1. The summed E-state index contributed by atoms with van der Waals surface area (Å²) in [5, 5.41) is 9.46. The van der Waals surface area contributed by atoms with E-state index in [-0.39, 0.29) is 18.3 Å². The molecule has 0 amide bonds. The molecule has 2 atom stereocenters. The molecule has 1 aliphatic carbocycles. The maximum atomic E-state index is 14.0. The van der Waals surface area contributed by atoms with Crippen molar-refractivity contribution >= 4 is 27.6 Å². The summed E-state index contributed by atoms with van der Waals surface area (Å²) in [6.45, 7) is 0.233. The average molecular weight is 400 g/mol. The van der Waals surface area contributed by atoms with E-state index in [2.05, 4.69) is 4.98 Å². The van der Waals surface area contributed by atoms with Crippen molar-refractivity contribution in [1.82, 2.24) is 9.55 Å². The minimum Gasteiger partial charge on any atom is -0.480 e. The Labute approximate surface area is 156 Å². The second-order valence-corrected chi connectivity index (χ2v) is 8.24. The zero-order chi connectivity index (χ0) is 18.8. The highest BCUT2D eigenvalue weighted by atomic mass is 33.1. The lowest BCUT2D eigenvalue weighted by Crippen LogP contribution is -2.32. The predicted molar refractivity (Wildman–Crippen MR) is 96.9 cm³/mol. The minimum absolute atomic E-state index is 0.204. The predicted octanol–water partition coefficient (Wildman–Crippen LogP) is 2.31. The summed E-state index contributed by atoms with van der Waals surface area (Å²) >= 11 is 0. The third kappa shape index (κ3) is 3.73. The number of nitrogens with two attached hydrogens (primary N) is 2. The summed E-state index contributed by atoms with van der Waals surface area (Å²) in [5.41, 5.74) is 13.2. The van der Waals surface area contributed by atoms with Gasteiger partial charge in [0.2, 0.25) is 0 Å². The Morgan fingerprint density at radius 3 is 2.92 bits per heavy atom. The fourth-order valence-corrected chi connectivity index (χ4v) is 5.26. The van der Waals surface area contributed by atoms with E-state index < -0.39 is 23.6 Å². The quantitative estimate of drug-likeness (QED) is 0.612. The SMILES string of the molecule is NCc1cnc(SSCC(N)C(=O)O)n1C1CCc2c(F)cc(F)cc21. The first-order valence-electron chi connectivity index (χ1n) is 7.94. The van der Waals surface area contributed by atoms with Crippen molar-refractivity contribution in [1.29, 1.82) is 0 Å². The van der Waals surface area contributed by atoms with Crippen LogP contribution in [0.25, 0.3) is 0 Å². The number of halogens is 2. The van der Waals surface area contributed by atoms with Gasteiger partial charge in [-0.1, -0.05) is 10.8 Å². The van der Waals surface area contributed by atoms with Crippen molar-refractivity contribution in [2.24, 2.45) is 11.5 Å². The molecule has 26 heavy (non-hydrogen) atoms. The van der Waals surface area contributed by atoms with Crippen LogP contribution in [0.15, 0.2) is 23.5 Å². The minimum atomic E-state index is -1.07. The van der Waals surface area contributed by atoms with Gasteiger partial charge in [0, 0.05) is 18.4 Å². The highest BCUT2D eigenvalue weighted by Gasteiger charge is 2.30. The van der Waals surface area contributed by atoms with Gasteiger partial charge < -0.3 is 21.1 Å². The van der Waals surface area contributed by atoms with Crippen LogP contribution in [-0.2, 0) is 17.8 Å². The Balaban J connectivity index is 1.87. The molecular formula is C16H18F2N4O2S2. The van der Waals surface area contributed by atoms with Gasteiger partial charge in [-0.15, -0.1) is 0 Å². The van der Waals surface area contributed by atoms with Crippen LogP contribution >= 0.6 is 21.6 Å². The van der Waals surface area contributed by atoms with Gasteiger partial charge in [-0.3, -0.25) is 4.79 Å². The van der Waals surface area contributed by atoms with Crippen LogP contribution in [0.1, 0.15) is 29.3 Å². The van der Waals surface area contributed by atoms with E-state index in [0.29, 0.717) is 29.1 Å². The topological polar surface area (TPSA) is 107 Å². The number of fused-ring (bicyclic) bond motifs is 1. The molecule has 1 aromatic carbocycles. The number of hydrogen-bond donors (Lipinski definition) is 3. The summed E-state index contributed by atoms with van der Waals surface area (Å²) in [7, 11) is 2.55. The molecule has 2 unspecified atom stereocenters. The molecule has 0 saturated carbocycles. The van der Waals surface area contributed by atoms with Gasteiger partial charge in [-0.2, -0.15) is 0 Å². The first-order chi connectivity index (χ1) is 12.4. The number of carbonyl (C=O) groups is 1. The molecule has 1 heterocycles. The smallest absolute Gasteiger partial charge is 0.321 e. The third-order valence-electron chi connectivity index (χ3n) is 4.28. The molecule has 5 N–H and O–H groups in total. The molecule has 0 radical (unpaired) electrons. The van der Waals surface area contributed by atoms with E-state index in [1.54, 1.807) is 6.20 Å². The second kappa shape index (κ2) is 7.95. The molecule has 0 spiro atoms. The van der Waals surface area contributed by atoms with Crippen molar-refractivity contribution in [3.8, 4) is 0 Å². The summed E-state index contributed by atoms with van der Waals surface area (Å²) in [6.07, 6.45) is 2.76. The first-order valence-corrected chi connectivity index (χ1v) is 10.3. The molecular weight excluding hydrogens is 382 g/mol. The molecule has 3 rings (SSSR count). The zero-order valence-electron chi connectivity index (χ0n) is 13.7. The van der Waals surface area contributed by atoms with Crippen LogP contribution in [-0.4, -0.2) is 32.4 Å². The molecule has 0 saturated heterocycles. The summed E-state index contributed by atoms with van der Waals surface area (Å²) in [4.78, 5) is 15.2. The van der Waals surface area contributed by atoms with Crippen LogP contribution in [0.3, 0.4) is 0 Å². The number of aromatic nitrogens is 2. The summed E-state index contributed by atoms with van der Waals surface area (Å²) in [5.74, 6) is -2.01. The van der Waals surface area contributed by atoms with Gasteiger partial charge in [-0.25, -0.2) is 13.8 Å². The molecule has 6 nitrogen and oxygen atoms in total. The Morgan fingerprint density at radius 1 is 1.46 bits per heavy atom. The lowest BCUT2D eigenvalue weighted by atomic mass is 10.1. The van der Waals surface area contributed by atoms with Crippen LogP contribution in [0.4, 0.5) is 8.78 Å². The maximum absolute atomic E-state index is 14.0. The Morgan fingerprint density at radius 2 is 2.23 bits per heavy atom. The van der Waals surface area contributed by atoms with Crippen LogP contribution < -0.4 is 11.5 Å². The number of imidazole rings is 1. The van der Waals surface area contributed by atoms with Gasteiger partial charge in [0.25, 0.3) is 0 Å². The van der Waals surface area contributed by atoms with Gasteiger partial charge in [0.1, 0.15) is 17.7 Å². The van der Waals surface area contributed by atoms with E-state index in [4.69, 9.17) is 16.6 Å². The second-order valence-electron chi connectivity index (χ2n) is 5.93. The monoisotopic (exact) mass is 400 g/mol. The standard InChI is InChI=1S/C16H18F2N4O2S2/c17-8-3-11-10(12(18)4-8)1-2-14(11)22-9(5-19)6-21-16(22)26-25-7-13(20)15(23)24/h3-4,6,13-14H,1-2,5,7,19-20H2,(H,23,24). The Hall–Kier alpha value is -1.62. The highest BCUT2D eigenvalue weighted by Crippen LogP contribution is 2.41. The van der Waals surface area contributed by atoms with Gasteiger partial charge in [0.15, 0.2) is 5.16 Å². The van der Waals surface area contributed by atoms with Crippen LogP contribution in [0.2, 0.25) is 0 Å². The molecule has 1 aromatic heterocycles. The number of carboxylic acid groups (broad SMARTS) is 1. The zero-order valence-corrected chi connectivity index (χ0v) is 15.3. The number of rotatable bonds is 7. The summed E-state index contributed by atoms with van der Waals surface area (Å²) < 4.78 is 29.7. The molecule has 1 aliphatic rings. The highest BCUT2D eigenvalue weighted by molar-refractivity contribution is 8.76. The number of aliphatic carboxylic acids is 1. The molecule has 0 bridgehead atoms. The molecule has 0 fully saturated rings. The van der Waals surface area contributed by atoms with E-state index in [1.165, 1.54) is 27.7 Å².